The van der Waals surface area contributed by atoms with Crippen molar-refractivity contribution in [2.24, 2.45) is 4.99 Å². The Morgan fingerprint density at radius 1 is 1.23 bits per heavy atom. The SMILES string of the molecule is O=C(O)[C@@H](N=Cc1cc([N+](=O)[O-])ccc1O)c1ccccc1. The van der Waals surface area contributed by atoms with Gasteiger partial charge in [-0.3, -0.25) is 15.1 Å². The van der Waals surface area contributed by atoms with Crippen LogP contribution in [0.5, 0.6) is 5.75 Å². The number of hydrogen-bond donors (Lipinski definition) is 2. The molecule has 2 rings (SSSR count). The second-order valence-electron chi connectivity index (χ2n) is 4.43. The molecule has 22 heavy (non-hydrogen) atoms. The van der Waals surface area contributed by atoms with Gasteiger partial charge < -0.3 is 10.2 Å². The number of aliphatic carboxylic acids is 1. The van der Waals surface area contributed by atoms with E-state index in [2.05, 4.69) is 4.99 Å². The van der Waals surface area contributed by atoms with Gasteiger partial charge >= 0.3 is 5.97 Å². The van der Waals surface area contributed by atoms with Crippen molar-refractivity contribution in [2.75, 3.05) is 0 Å². The van der Waals surface area contributed by atoms with Crippen molar-refractivity contribution in [2.45, 2.75) is 6.04 Å². The summed E-state index contributed by atoms with van der Waals surface area (Å²) >= 11 is 0. The van der Waals surface area contributed by atoms with Crippen LogP contribution in [0, 0.1) is 10.1 Å². The summed E-state index contributed by atoms with van der Waals surface area (Å²) < 4.78 is 0. The van der Waals surface area contributed by atoms with E-state index in [1.165, 1.54) is 0 Å². The molecule has 0 spiro atoms. The third kappa shape index (κ3) is 3.45. The summed E-state index contributed by atoms with van der Waals surface area (Å²) in [5.74, 6) is -1.38. The summed E-state index contributed by atoms with van der Waals surface area (Å²) in [6.45, 7) is 0. The zero-order chi connectivity index (χ0) is 16.1. The van der Waals surface area contributed by atoms with Gasteiger partial charge in [0.2, 0.25) is 0 Å². The Bertz CT molecular complexity index is 728. The average Bonchev–Trinajstić information content (AvgIpc) is 2.49. The molecule has 0 aliphatic heterocycles. The lowest BCUT2D eigenvalue weighted by atomic mass is 10.1. The Hall–Kier alpha value is -3.22. The topological polar surface area (TPSA) is 113 Å². The van der Waals surface area contributed by atoms with Crippen molar-refractivity contribution in [1.29, 1.82) is 0 Å². The molecule has 0 bridgehead atoms. The minimum Gasteiger partial charge on any atom is -0.507 e. The number of phenols is 1. The molecule has 112 valence electrons. The van der Waals surface area contributed by atoms with Crippen LogP contribution in [-0.2, 0) is 4.79 Å². The number of aliphatic imine (C=N–C) groups is 1. The maximum absolute atomic E-state index is 11.3. The van der Waals surface area contributed by atoms with Gasteiger partial charge in [0.1, 0.15) is 5.75 Å². The highest BCUT2D eigenvalue weighted by Crippen LogP contribution is 2.23. The van der Waals surface area contributed by atoms with Crippen LogP contribution in [0.4, 0.5) is 5.69 Å². The molecule has 7 nitrogen and oxygen atoms in total. The van der Waals surface area contributed by atoms with Gasteiger partial charge in [0, 0.05) is 23.9 Å². The van der Waals surface area contributed by atoms with E-state index >= 15 is 0 Å². The minimum atomic E-state index is -1.16. The molecule has 0 fully saturated rings. The summed E-state index contributed by atoms with van der Waals surface area (Å²) in [5, 5.41) is 29.6. The van der Waals surface area contributed by atoms with Gasteiger partial charge in [0.05, 0.1) is 4.92 Å². The number of carbonyl (C=O) groups is 1. The van der Waals surface area contributed by atoms with Crippen LogP contribution in [0.15, 0.2) is 53.5 Å². The van der Waals surface area contributed by atoms with Gasteiger partial charge in [-0.25, -0.2) is 4.79 Å². The molecule has 0 unspecified atom stereocenters. The van der Waals surface area contributed by atoms with Crippen LogP contribution in [-0.4, -0.2) is 27.3 Å². The maximum Gasteiger partial charge on any atom is 0.333 e. The molecule has 0 saturated heterocycles. The number of nitro groups is 1. The third-order valence-electron chi connectivity index (χ3n) is 2.93. The second-order valence-corrected chi connectivity index (χ2v) is 4.43. The van der Waals surface area contributed by atoms with Crippen molar-refractivity contribution >= 4 is 17.9 Å². The number of non-ortho nitro benzene ring substituents is 1. The Kier molecular flexibility index (Phi) is 4.47. The zero-order valence-electron chi connectivity index (χ0n) is 11.3. The number of benzene rings is 2. The molecule has 0 saturated carbocycles. The Labute approximate surface area is 125 Å². The smallest absolute Gasteiger partial charge is 0.333 e. The first-order chi connectivity index (χ1) is 10.5. The van der Waals surface area contributed by atoms with Crippen LogP contribution < -0.4 is 0 Å². The molecule has 7 heteroatoms. The highest BCUT2D eigenvalue weighted by atomic mass is 16.6. The maximum atomic E-state index is 11.3. The number of rotatable bonds is 5. The number of phenolic OH excluding ortho intramolecular Hbond substituents is 1. The third-order valence-corrected chi connectivity index (χ3v) is 2.93. The lowest BCUT2D eigenvalue weighted by Crippen LogP contribution is -2.09. The van der Waals surface area contributed by atoms with Gasteiger partial charge in [0.25, 0.3) is 5.69 Å². The first kappa shape index (κ1) is 15.2. The standard InChI is InChI=1S/C15H12N2O5/c18-13-7-6-12(17(21)22)8-11(13)9-16-14(15(19)20)10-4-2-1-3-5-10/h1-9,14,18H,(H,19,20)/t14-/m0/s1. The zero-order valence-corrected chi connectivity index (χ0v) is 11.3. The van der Waals surface area contributed by atoms with E-state index in [0.717, 1.165) is 24.4 Å². The van der Waals surface area contributed by atoms with Crippen molar-refractivity contribution in [3.8, 4) is 5.75 Å². The summed E-state index contributed by atoms with van der Waals surface area (Å²) in [6.07, 6.45) is 1.12. The van der Waals surface area contributed by atoms with E-state index in [9.17, 15) is 25.1 Å². The molecule has 0 amide bonds. The molecule has 2 aromatic rings. The fourth-order valence-corrected chi connectivity index (χ4v) is 1.84. The Morgan fingerprint density at radius 2 is 1.91 bits per heavy atom. The van der Waals surface area contributed by atoms with Crippen molar-refractivity contribution in [1.82, 2.24) is 0 Å². The first-order valence-electron chi connectivity index (χ1n) is 6.27. The monoisotopic (exact) mass is 300 g/mol. The first-order valence-corrected chi connectivity index (χ1v) is 6.27. The highest BCUT2D eigenvalue weighted by molar-refractivity contribution is 5.87. The average molecular weight is 300 g/mol. The minimum absolute atomic E-state index is 0.0800. The van der Waals surface area contributed by atoms with Gasteiger partial charge in [-0.2, -0.15) is 0 Å². The molecule has 0 aromatic heterocycles. The van der Waals surface area contributed by atoms with Crippen molar-refractivity contribution in [3.05, 3.63) is 69.8 Å². The molecule has 0 heterocycles. The predicted octanol–water partition coefficient (Wildman–Crippen LogP) is 2.55. The molecule has 2 aromatic carbocycles. The van der Waals surface area contributed by atoms with Crippen molar-refractivity contribution in [3.63, 3.8) is 0 Å². The van der Waals surface area contributed by atoms with E-state index in [1.807, 2.05) is 0 Å². The van der Waals surface area contributed by atoms with E-state index < -0.39 is 16.9 Å². The summed E-state index contributed by atoms with van der Waals surface area (Å²) in [7, 11) is 0. The van der Waals surface area contributed by atoms with E-state index in [4.69, 9.17) is 0 Å². The van der Waals surface area contributed by atoms with Crippen molar-refractivity contribution < 1.29 is 19.9 Å². The van der Waals surface area contributed by atoms with Gasteiger partial charge in [-0.1, -0.05) is 30.3 Å². The fraction of sp³-hybridized carbons (Fsp3) is 0.0667. The second kappa shape index (κ2) is 6.49. The number of nitrogens with zero attached hydrogens (tertiary/aromatic N) is 2. The molecular formula is C15H12N2O5. The molecule has 0 aliphatic rings. The normalized spacial score (nSPS) is 12.2. The van der Waals surface area contributed by atoms with E-state index in [0.29, 0.717) is 5.56 Å². The summed E-state index contributed by atoms with van der Waals surface area (Å²) in [6, 6.07) is 10.6. The molecule has 0 radical (unpaired) electrons. The van der Waals surface area contributed by atoms with Crippen LogP contribution in [0.1, 0.15) is 17.2 Å². The highest BCUT2D eigenvalue weighted by Gasteiger charge is 2.18. The quantitative estimate of drug-likeness (QED) is 0.500. The number of aromatic hydroxyl groups is 1. The number of hydrogen-bond acceptors (Lipinski definition) is 5. The van der Waals surface area contributed by atoms with Gasteiger partial charge in [-0.15, -0.1) is 0 Å². The van der Waals surface area contributed by atoms with E-state index in [-0.39, 0.29) is 17.0 Å². The van der Waals surface area contributed by atoms with Crippen LogP contribution >= 0.6 is 0 Å². The van der Waals surface area contributed by atoms with Crippen LogP contribution in [0.3, 0.4) is 0 Å². The Morgan fingerprint density at radius 3 is 2.50 bits per heavy atom. The number of carboxylic acid groups (broad SMARTS) is 1. The molecular weight excluding hydrogens is 288 g/mol. The summed E-state index contributed by atoms with van der Waals surface area (Å²) in [5.41, 5.74) is 0.332. The largest absolute Gasteiger partial charge is 0.507 e. The van der Waals surface area contributed by atoms with E-state index in [1.54, 1.807) is 30.3 Å². The Balaban J connectivity index is 2.35. The number of nitro benzene ring substituents is 1. The summed E-state index contributed by atoms with van der Waals surface area (Å²) in [4.78, 5) is 25.3. The van der Waals surface area contributed by atoms with Gasteiger partial charge in [0.15, 0.2) is 6.04 Å². The molecule has 1 atom stereocenters. The fourth-order valence-electron chi connectivity index (χ4n) is 1.84. The lowest BCUT2D eigenvalue weighted by molar-refractivity contribution is -0.384. The lowest BCUT2D eigenvalue weighted by Gasteiger charge is -2.07. The molecule has 2 N–H and O–H groups in total. The number of carboxylic acids is 1. The molecule has 0 aliphatic carbocycles. The van der Waals surface area contributed by atoms with Crippen LogP contribution in [0.25, 0.3) is 0 Å². The predicted molar refractivity (Wildman–Crippen MR) is 79.2 cm³/mol. The van der Waals surface area contributed by atoms with Crippen LogP contribution in [0.2, 0.25) is 0 Å². The van der Waals surface area contributed by atoms with Gasteiger partial charge in [-0.05, 0) is 11.6 Å².